The van der Waals surface area contributed by atoms with E-state index in [0.29, 0.717) is 34.7 Å². The van der Waals surface area contributed by atoms with E-state index in [-0.39, 0.29) is 12.7 Å². The molecule has 1 amide bonds. The summed E-state index contributed by atoms with van der Waals surface area (Å²) in [5.41, 5.74) is 1.54. The van der Waals surface area contributed by atoms with Crippen LogP contribution in [0.4, 0.5) is 5.69 Å². The maximum atomic E-state index is 12.4. The van der Waals surface area contributed by atoms with E-state index in [2.05, 4.69) is 20.5 Å². The lowest BCUT2D eigenvalue weighted by Crippen LogP contribution is -2.22. The maximum absolute atomic E-state index is 12.4. The molecule has 27 heavy (non-hydrogen) atoms. The van der Waals surface area contributed by atoms with Gasteiger partial charge in [-0.25, -0.2) is 4.98 Å². The molecule has 0 bridgehead atoms. The minimum absolute atomic E-state index is 0.172. The molecule has 0 saturated carbocycles. The first-order valence-electron chi connectivity index (χ1n) is 8.17. The number of nitrogens with one attached hydrogen (secondary N) is 1. The molecule has 10 heteroatoms. The lowest BCUT2D eigenvalue weighted by molar-refractivity contribution is -0.115. The number of aromatic nitrogens is 3. The number of anilines is 1. The van der Waals surface area contributed by atoms with Crippen LogP contribution in [0.1, 0.15) is 23.5 Å². The summed E-state index contributed by atoms with van der Waals surface area (Å²) < 4.78 is 16.2. The Balaban J connectivity index is 1.34. The monoisotopic (exact) mass is 404 g/mol. The number of hydrogen-bond donors (Lipinski definition) is 1. The molecule has 0 radical (unpaired) electrons. The first-order valence-corrected chi connectivity index (χ1v) is 9.93. The summed E-state index contributed by atoms with van der Waals surface area (Å²) in [7, 11) is 0. The van der Waals surface area contributed by atoms with Crippen molar-refractivity contribution in [1.29, 1.82) is 0 Å². The molecule has 0 fully saturated rings. The van der Waals surface area contributed by atoms with Crippen LogP contribution in [0, 0.1) is 6.92 Å². The molecule has 1 atom stereocenters. The van der Waals surface area contributed by atoms with Gasteiger partial charge in [0.25, 0.3) is 5.22 Å². The van der Waals surface area contributed by atoms with Gasteiger partial charge in [-0.2, -0.15) is 0 Å². The van der Waals surface area contributed by atoms with Gasteiger partial charge in [-0.05, 0) is 26.0 Å². The quantitative estimate of drug-likeness (QED) is 0.625. The van der Waals surface area contributed by atoms with Gasteiger partial charge < -0.3 is 19.2 Å². The molecule has 1 N–H and O–H groups in total. The summed E-state index contributed by atoms with van der Waals surface area (Å²) in [6, 6.07) is 5.27. The lowest BCUT2D eigenvalue weighted by atomic mass is 10.2. The van der Waals surface area contributed by atoms with Gasteiger partial charge in [0.15, 0.2) is 11.5 Å². The highest BCUT2D eigenvalue weighted by atomic mass is 32.2. The number of amides is 1. The zero-order valence-corrected chi connectivity index (χ0v) is 16.2. The predicted molar refractivity (Wildman–Crippen MR) is 100 cm³/mol. The second-order valence-electron chi connectivity index (χ2n) is 5.81. The molecule has 3 aromatic rings. The molecule has 1 aromatic carbocycles. The molecular weight excluding hydrogens is 388 g/mol. The second kappa shape index (κ2) is 7.57. The van der Waals surface area contributed by atoms with Crippen molar-refractivity contribution < 1.29 is 18.7 Å². The molecule has 2 aromatic heterocycles. The van der Waals surface area contributed by atoms with Crippen molar-refractivity contribution in [3.8, 4) is 11.5 Å². The fourth-order valence-corrected chi connectivity index (χ4v) is 3.74. The van der Waals surface area contributed by atoms with Gasteiger partial charge in [-0.15, -0.1) is 21.5 Å². The Morgan fingerprint density at radius 1 is 1.33 bits per heavy atom. The molecule has 0 unspecified atom stereocenters. The van der Waals surface area contributed by atoms with Crippen LogP contribution >= 0.6 is 23.1 Å². The number of thioether (sulfide) groups is 1. The number of nitrogens with zero attached hydrogens (tertiary/aromatic N) is 3. The van der Waals surface area contributed by atoms with E-state index in [4.69, 9.17) is 13.9 Å². The smallest absolute Gasteiger partial charge is 0.277 e. The minimum atomic E-state index is -0.412. The molecule has 0 spiro atoms. The van der Waals surface area contributed by atoms with Crippen LogP contribution in [-0.4, -0.2) is 33.1 Å². The summed E-state index contributed by atoms with van der Waals surface area (Å²) in [5, 5.41) is 13.8. The second-order valence-corrected chi connectivity index (χ2v) is 8.17. The average Bonchev–Trinajstić information content (AvgIpc) is 3.36. The first-order chi connectivity index (χ1) is 13.1. The van der Waals surface area contributed by atoms with E-state index in [1.165, 1.54) is 11.8 Å². The molecule has 4 rings (SSSR count). The van der Waals surface area contributed by atoms with Gasteiger partial charge in [0.05, 0.1) is 22.4 Å². The number of thiazole rings is 1. The number of carbonyl (C=O) groups excluding carboxylic acids is 1. The Labute approximate surface area is 163 Å². The highest BCUT2D eigenvalue weighted by molar-refractivity contribution is 8.00. The molecular formula is C17H16N4O4S2. The molecule has 0 aliphatic carbocycles. The third-order valence-corrected chi connectivity index (χ3v) is 5.49. The first kappa shape index (κ1) is 17.8. The Bertz CT molecular complexity index is 972. The van der Waals surface area contributed by atoms with Crippen LogP contribution in [0.25, 0.3) is 0 Å². The van der Waals surface area contributed by atoms with E-state index < -0.39 is 5.25 Å². The van der Waals surface area contributed by atoms with Crippen molar-refractivity contribution in [2.24, 2.45) is 0 Å². The van der Waals surface area contributed by atoms with Crippen molar-refractivity contribution in [3.05, 3.63) is 40.2 Å². The highest BCUT2D eigenvalue weighted by Gasteiger charge is 2.20. The van der Waals surface area contributed by atoms with Gasteiger partial charge >= 0.3 is 0 Å². The number of ether oxygens (including phenoxy) is 2. The highest BCUT2D eigenvalue weighted by Crippen LogP contribution is 2.34. The Hall–Kier alpha value is -2.59. The summed E-state index contributed by atoms with van der Waals surface area (Å²) in [6.45, 7) is 3.92. The van der Waals surface area contributed by atoms with Crippen LogP contribution in [0.15, 0.2) is 33.2 Å². The average molecular weight is 404 g/mol. The number of rotatable bonds is 6. The number of carbonyl (C=O) groups is 1. The Morgan fingerprint density at radius 2 is 2.19 bits per heavy atom. The summed E-state index contributed by atoms with van der Waals surface area (Å²) in [5.74, 6) is 1.59. The van der Waals surface area contributed by atoms with Gasteiger partial charge in [0, 0.05) is 17.1 Å². The summed E-state index contributed by atoms with van der Waals surface area (Å²) >= 11 is 2.78. The van der Waals surface area contributed by atoms with E-state index in [9.17, 15) is 4.79 Å². The fraction of sp³-hybridized carbons (Fsp3) is 0.294. The molecule has 0 saturated heterocycles. The number of benzene rings is 1. The van der Waals surface area contributed by atoms with Crippen LogP contribution in [-0.2, 0) is 11.2 Å². The lowest BCUT2D eigenvalue weighted by Gasteiger charge is -2.10. The van der Waals surface area contributed by atoms with E-state index in [1.807, 2.05) is 12.3 Å². The van der Waals surface area contributed by atoms with Crippen molar-refractivity contribution in [2.75, 3.05) is 12.1 Å². The number of aryl methyl sites for hydroxylation is 1. The van der Waals surface area contributed by atoms with Crippen molar-refractivity contribution >= 4 is 34.7 Å². The zero-order chi connectivity index (χ0) is 18.8. The minimum Gasteiger partial charge on any atom is -0.454 e. The van der Waals surface area contributed by atoms with Crippen molar-refractivity contribution in [3.63, 3.8) is 0 Å². The zero-order valence-electron chi connectivity index (χ0n) is 14.6. The molecule has 140 valence electrons. The third kappa shape index (κ3) is 4.22. The normalized spacial score (nSPS) is 13.6. The van der Waals surface area contributed by atoms with Crippen LogP contribution in [0.5, 0.6) is 11.5 Å². The standard InChI is InChI=1S/C17H16N4O4S2/c1-9(16(22)19-11-3-4-13-14(5-11)24-8-23-13)27-17-21-20-15(25-17)6-12-7-26-10(2)18-12/h3-5,7,9H,6,8H2,1-2H3,(H,19,22)/t9-/m0/s1. The van der Waals surface area contributed by atoms with Gasteiger partial charge in [0.1, 0.15) is 0 Å². The van der Waals surface area contributed by atoms with Crippen LogP contribution < -0.4 is 14.8 Å². The molecule has 1 aliphatic rings. The van der Waals surface area contributed by atoms with Crippen LogP contribution in [0.2, 0.25) is 0 Å². The molecule has 1 aliphatic heterocycles. The van der Waals surface area contributed by atoms with Crippen molar-refractivity contribution in [2.45, 2.75) is 30.7 Å². The SMILES string of the molecule is Cc1nc(Cc2nnc(S[C@@H](C)C(=O)Nc3ccc4c(c3)OCO4)o2)cs1. The topological polar surface area (TPSA) is 99.4 Å². The number of fused-ring (bicyclic) bond motifs is 1. The van der Waals surface area contributed by atoms with Gasteiger partial charge in [0.2, 0.25) is 18.6 Å². The van der Waals surface area contributed by atoms with Gasteiger partial charge in [-0.1, -0.05) is 11.8 Å². The maximum Gasteiger partial charge on any atom is 0.277 e. The Kier molecular flexibility index (Phi) is 4.99. The predicted octanol–water partition coefficient (Wildman–Crippen LogP) is 3.27. The molecule has 3 heterocycles. The van der Waals surface area contributed by atoms with Crippen LogP contribution in [0.3, 0.4) is 0 Å². The van der Waals surface area contributed by atoms with Gasteiger partial charge in [-0.3, -0.25) is 4.79 Å². The third-order valence-electron chi connectivity index (χ3n) is 3.73. The summed E-state index contributed by atoms with van der Waals surface area (Å²) in [6.07, 6.45) is 0.482. The van der Waals surface area contributed by atoms with E-state index in [0.717, 1.165) is 10.7 Å². The largest absolute Gasteiger partial charge is 0.454 e. The fourth-order valence-electron chi connectivity index (χ4n) is 2.42. The summed E-state index contributed by atoms with van der Waals surface area (Å²) in [4.78, 5) is 16.8. The van der Waals surface area contributed by atoms with E-state index >= 15 is 0 Å². The van der Waals surface area contributed by atoms with Crippen molar-refractivity contribution in [1.82, 2.24) is 15.2 Å². The Morgan fingerprint density at radius 3 is 3.00 bits per heavy atom. The molecule has 8 nitrogen and oxygen atoms in total. The van der Waals surface area contributed by atoms with E-state index in [1.54, 1.807) is 36.5 Å². The number of hydrogen-bond acceptors (Lipinski definition) is 9.